The highest BCUT2D eigenvalue weighted by molar-refractivity contribution is 8.00. The number of anilines is 1. The second-order valence-corrected chi connectivity index (χ2v) is 7.32. The van der Waals surface area contributed by atoms with Crippen LogP contribution in [-0.4, -0.2) is 26.1 Å². The summed E-state index contributed by atoms with van der Waals surface area (Å²) in [4.78, 5) is 31.2. The average Bonchev–Trinajstić information content (AvgIpc) is 3.32. The van der Waals surface area contributed by atoms with Crippen molar-refractivity contribution in [2.75, 3.05) is 5.32 Å². The first-order chi connectivity index (χ1) is 12.7. The number of carbonyl (C=O) groups excluding carboxylic acids is 1. The summed E-state index contributed by atoms with van der Waals surface area (Å²) in [6.45, 7) is 0. The van der Waals surface area contributed by atoms with Crippen LogP contribution in [0.5, 0.6) is 0 Å². The van der Waals surface area contributed by atoms with Crippen LogP contribution in [0.4, 0.5) is 5.13 Å². The Labute approximate surface area is 154 Å². The highest BCUT2D eigenvalue weighted by Gasteiger charge is 2.13. The summed E-state index contributed by atoms with van der Waals surface area (Å²) in [5, 5.41) is 10.9. The molecule has 8 nitrogen and oxygen atoms in total. The number of thioether (sulfide) groups is 1. The molecule has 130 valence electrons. The summed E-state index contributed by atoms with van der Waals surface area (Å²) < 4.78 is 5.64. The first-order valence-corrected chi connectivity index (χ1v) is 9.28. The summed E-state index contributed by atoms with van der Waals surface area (Å²) >= 11 is 2.54. The van der Waals surface area contributed by atoms with E-state index in [1.54, 1.807) is 18.2 Å². The second-order valence-electron chi connectivity index (χ2n) is 5.12. The number of para-hydroxylation sites is 2. The van der Waals surface area contributed by atoms with Crippen LogP contribution >= 0.6 is 23.1 Å². The number of aromatic nitrogens is 4. The van der Waals surface area contributed by atoms with E-state index in [4.69, 9.17) is 4.42 Å². The van der Waals surface area contributed by atoms with Crippen LogP contribution in [0.15, 0.2) is 56.2 Å². The minimum Gasteiger partial charge on any atom is -0.459 e. The van der Waals surface area contributed by atoms with E-state index in [0.29, 0.717) is 26.4 Å². The van der Waals surface area contributed by atoms with Gasteiger partial charge in [-0.1, -0.05) is 35.2 Å². The molecule has 0 saturated heterocycles. The van der Waals surface area contributed by atoms with Gasteiger partial charge in [-0.2, -0.15) is 0 Å². The molecule has 4 rings (SSSR count). The van der Waals surface area contributed by atoms with Crippen molar-refractivity contribution < 1.29 is 9.21 Å². The molecule has 3 aromatic heterocycles. The van der Waals surface area contributed by atoms with E-state index in [1.165, 1.54) is 29.4 Å². The molecule has 0 radical (unpaired) electrons. The fraction of sp³-hybridized carbons (Fsp3) is 0.0625. The van der Waals surface area contributed by atoms with Gasteiger partial charge in [0.1, 0.15) is 5.69 Å². The van der Waals surface area contributed by atoms with E-state index in [-0.39, 0.29) is 11.3 Å². The maximum absolute atomic E-state index is 12.1. The standard InChI is InChI=1S/C16H11N5O3S2/c22-13-11(17-9-4-1-2-5-10(9)18-13)8-25-16-21-20-15(26-16)19-14(23)12-6-3-7-24-12/h1-7H,8H2,(H,18,22)(H,19,20,23). The van der Waals surface area contributed by atoms with Crippen LogP contribution in [0.3, 0.4) is 0 Å². The zero-order chi connectivity index (χ0) is 17.9. The number of aromatic amines is 1. The van der Waals surface area contributed by atoms with Gasteiger partial charge in [0.25, 0.3) is 11.5 Å². The summed E-state index contributed by atoms with van der Waals surface area (Å²) in [7, 11) is 0. The molecule has 0 bridgehead atoms. The van der Waals surface area contributed by atoms with Gasteiger partial charge in [-0.3, -0.25) is 14.9 Å². The van der Waals surface area contributed by atoms with Gasteiger partial charge in [0.2, 0.25) is 5.13 Å². The number of fused-ring (bicyclic) bond motifs is 1. The molecule has 0 unspecified atom stereocenters. The van der Waals surface area contributed by atoms with Crippen molar-refractivity contribution in [2.24, 2.45) is 0 Å². The van der Waals surface area contributed by atoms with Crippen LogP contribution in [0.2, 0.25) is 0 Å². The van der Waals surface area contributed by atoms with E-state index in [0.717, 1.165) is 5.52 Å². The third-order valence-electron chi connectivity index (χ3n) is 3.37. The molecule has 0 aliphatic heterocycles. The van der Waals surface area contributed by atoms with E-state index in [2.05, 4.69) is 25.5 Å². The van der Waals surface area contributed by atoms with Gasteiger partial charge in [-0.05, 0) is 24.3 Å². The lowest BCUT2D eigenvalue weighted by Crippen LogP contribution is -2.14. The highest BCUT2D eigenvalue weighted by Crippen LogP contribution is 2.27. The summed E-state index contributed by atoms with van der Waals surface area (Å²) in [6, 6.07) is 10.5. The van der Waals surface area contributed by atoms with E-state index in [1.807, 2.05) is 18.2 Å². The summed E-state index contributed by atoms with van der Waals surface area (Å²) in [6.07, 6.45) is 1.42. The average molecular weight is 385 g/mol. The Bertz CT molecular complexity index is 1120. The minimum atomic E-state index is -0.393. The fourth-order valence-electron chi connectivity index (χ4n) is 2.18. The van der Waals surface area contributed by atoms with Crippen molar-refractivity contribution in [1.29, 1.82) is 0 Å². The molecule has 3 heterocycles. The topological polar surface area (TPSA) is 114 Å². The lowest BCUT2D eigenvalue weighted by atomic mass is 10.3. The van der Waals surface area contributed by atoms with Crippen molar-refractivity contribution in [3.8, 4) is 0 Å². The Morgan fingerprint density at radius 1 is 1.23 bits per heavy atom. The molecular weight excluding hydrogens is 374 g/mol. The summed E-state index contributed by atoms with van der Waals surface area (Å²) in [5.41, 5.74) is 1.61. The fourth-order valence-corrected chi connectivity index (χ4v) is 3.86. The van der Waals surface area contributed by atoms with Crippen LogP contribution in [0.1, 0.15) is 16.2 Å². The van der Waals surface area contributed by atoms with Crippen LogP contribution in [0, 0.1) is 0 Å². The first-order valence-electron chi connectivity index (χ1n) is 7.48. The smallest absolute Gasteiger partial charge is 0.293 e. The predicted octanol–water partition coefficient (Wildman–Crippen LogP) is 2.91. The number of hydrogen-bond donors (Lipinski definition) is 2. The number of benzene rings is 1. The van der Waals surface area contributed by atoms with Gasteiger partial charge in [-0.15, -0.1) is 10.2 Å². The molecule has 0 atom stereocenters. The molecule has 10 heteroatoms. The highest BCUT2D eigenvalue weighted by atomic mass is 32.2. The number of amides is 1. The van der Waals surface area contributed by atoms with Crippen molar-refractivity contribution in [1.82, 2.24) is 20.2 Å². The third kappa shape index (κ3) is 3.51. The van der Waals surface area contributed by atoms with Gasteiger partial charge < -0.3 is 9.40 Å². The number of furan rings is 1. The Balaban J connectivity index is 1.44. The second kappa shape index (κ2) is 7.10. The van der Waals surface area contributed by atoms with Gasteiger partial charge in [-0.25, -0.2) is 4.98 Å². The van der Waals surface area contributed by atoms with E-state index in [9.17, 15) is 9.59 Å². The molecular formula is C16H11N5O3S2. The molecule has 0 aliphatic rings. The molecule has 1 amide bonds. The van der Waals surface area contributed by atoms with E-state index < -0.39 is 5.91 Å². The maximum atomic E-state index is 12.1. The summed E-state index contributed by atoms with van der Waals surface area (Å²) in [5.74, 6) is 0.151. The third-order valence-corrected chi connectivity index (χ3v) is 5.36. The molecule has 0 aliphatic carbocycles. The van der Waals surface area contributed by atoms with Crippen LogP contribution < -0.4 is 10.9 Å². The molecule has 4 aromatic rings. The molecule has 26 heavy (non-hydrogen) atoms. The quantitative estimate of drug-likeness (QED) is 0.401. The number of carbonyl (C=O) groups is 1. The Morgan fingerprint density at radius 3 is 2.96 bits per heavy atom. The van der Waals surface area contributed by atoms with Crippen molar-refractivity contribution in [3.05, 3.63) is 64.5 Å². The number of rotatable bonds is 5. The number of hydrogen-bond acceptors (Lipinski definition) is 8. The molecule has 0 saturated carbocycles. The largest absolute Gasteiger partial charge is 0.459 e. The lowest BCUT2D eigenvalue weighted by Gasteiger charge is -2.00. The normalized spacial score (nSPS) is 10.9. The van der Waals surface area contributed by atoms with Gasteiger partial charge in [0, 0.05) is 5.75 Å². The van der Waals surface area contributed by atoms with Crippen molar-refractivity contribution >= 4 is 45.2 Å². The Kier molecular flexibility index (Phi) is 4.50. The number of H-pyrrole nitrogens is 1. The van der Waals surface area contributed by atoms with E-state index >= 15 is 0 Å². The van der Waals surface area contributed by atoms with Crippen molar-refractivity contribution in [2.45, 2.75) is 10.1 Å². The van der Waals surface area contributed by atoms with Crippen LogP contribution in [0.25, 0.3) is 11.0 Å². The SMILES string of the molecule is O=C(Nc1nnc(SCc2nc3ccccc3[nH]c2=O)s1)c1ccco1. The monoisotopic (exact) mass is 385 g/mol. The molecule has 0 spiro atoms. The number of nitrogens with zero attached hydrogens (tertiary/aromatic N) is 3. The zero-order valence-electron chi connectivity index (χ0n) is 13.1. The lowest BCUT2D eigenvalue weighted by molar-refractivity contribution is 0.0996. The first kappa shape index (κ1) is 16.5. The maximum Gasteiger partial charge on any atom is 0.293 e. The molecule has 1 aromatic carbocycles. The number of nitrogens with one attached hydrogen (secondary N) is 2. The molecule has 0 fully saturated rings. The van der Waals surface area contributed by atoms with Gasteiger partial charge >= 0.3 is 0 Å². The van der Waals surface area contributed by atoms with Gasteiger partial charge in [0.15, 0.2) is 10.1 Å². The predicted molar refractivity (Wildman–Crippen MR) is 98.5 cm³/mol. The van der Waals surface area contributed by atoms with Crippen molar-refractivity contribution in [3.63, 3.8) is 0 Å². The minimum absolute atomic E-state index is 0.196. The van der Waals surface area contributed by atoms with Crippen LogP contribution in [-0.2, 0) is 5.75 Å². The Hall–Kier alpha value is -2.98. The zero-order valence-corrected chi connectivity index (χ0v) is 14.8. The molecule has 2 N–H and O–H groups in total. The Morgan fingerprint density at radius 2 is 2.12 bits per heavy atom. The van der Waals surface area contributed by atoms with Gasteiger partial charge in [0.05, 0.1) is 17.3 Å².